The van der Waals surface area contributed by atoms with Gasteiger partial charge in [0.25, 0.3) is 5.91 Å². The first-order valence-electron chi connectivity index (χ1n) is 8.92. The second-order valence-corrected chi connectivity index (χ2v) is 8.54. The van der Waals surface area contributed by atoms with Crippen molar-refractivity contribution in [3.63, 3.8) is 0 Å². The third-order valence-electron chi connectivity index (χ3n) is 4.69. The van der Waals surface area contributed by atoms with Crippen LogP contribution in [0.3, 0.4) is 0 Å². The maximum Gasteiger partial charge on any atom is 0.470 e. The van der Waals surface area contributed by atoms with Crippen LogP contribution in [0, 0.1) is 0 Å². The Hall–Kier alpha value is -2.51. The summed E-state index contributed by atoms with van der Waals surface area (Å²) >= 11 is 0. The van der Waals surface area contributed by atoms with E-state index in [4.69, 9.17) is 9.26 Å². The van der Waals surface area contributed by atoms with Crippen molar-refractivity contribution < 1.29 is 33.2 Å². The van der Waals surface area contributed by atoms with Gasteiger partial charge in [-0.1, -0.05) is 18.2 Å². The maximum absolute atomic E-state index is 12.8. The van der Waals surface area contributed by atoms with E-state index in [9.17, 15) is 23.9 Å². The highest BCUT2D eigenvalue weighted by Crippen LogP contribution is 2.48. The molecular weight excluding hydrogens is 397 g/mol. The number of carbonyl (C=O) groups excluding carboxylic acids is 2. The van der Waals surface area contributed by atoms with E-state index in [1.807, 2.05) is 0 Å². The predicted octanol–water partition coefficient (Wildman–Crippen LogP) is 3.01. The van der Waals surface area contributed by atoms with Gasteiger partial charge in [0, 0.05) is 16.7 Å². The van der Waals surface area contributed by atoms with E-state index < -0.39 is 31.5 Å². The maximum atomic E-state index is 12.8. The second kappa shape index (κ2) is 7.72. The van der Waals surface area contributed by atoms with Gasteiger partial charge in [0.15, 0.2) is 5.78 Å². The Balaban J connectivity index is 2.09. The van der Waals surface area contributed by atoms with Gasteiger partial charge in [0.1, 0.15) is 17.5 Å². The standard InChI is InChI=1S/C20H22NO7P/c1-12(22)14-9-10-16-15(11-14)17(21-19(23)13-7-5-4-6-8-13)18(20(2,3)27-16)28-29(24,25)26/h4-11,17-18H,1-3H3,(H,21,23)(H2,24,25,26)/t17-,18+/m0/s1. The number of carbonyl (C=O) groups is 2. The number of hydrogen-bond acceptors (Lipinski definition) is 5. The van der Waals surface area contributed by atoms with Crippen molar-refractivity contribution in [2.24, 2.45) is 0 Å². The summed E-state index contributed by atoms with van der Waals surface area (Å²) in [4.78, 5) is 43.5. The van der Waals surface area contributed by atoms with Gasteiger partial charge in [-0.15, -0.1) is 0 Å². The van der Waals surface area contributed by atoms with E-state index in [2.05, 4.69) is 5.32 Å². The van der Waals surface area contributed by atoms with Crippen molar-refractivity contribution >= 4 is 19.5 Å². The monoisotopic (exact) mass is 419 g/mol. The minimum absolute atomic E-state index is 0.196. The Morgan fingerprint density at radius 1 is 1.10 bits per heavy atom. The van der Waals surface area contributed by atoms with Gasteiger partial charge in [-0.2, -0.15) is 0 Å². The van der Waals surface area contributed by atoms with Gasteiger partial charge in [0.05, 0.1) is 6.04 Å². The number of benzene rings is 2. The van der Waals surface area contributed by atoms with Gasteiger partial charge < -0.3 is 19.8 Å². The molecule has 0 unspecified atom stereocenters. The van der Waals surface area contributed by atoms with Crippen LogP contribution in [0.5, 0.6) is 5.75 Å². The van der Waals surface area contributed by atoms with E-state index in [0.29, 0.717) is 22.4 Å². The lowest BCUT2D eigenvalue weighted by molar-refractivity contribution is -0.0597. The summed E-state index contributed by atoms with van der Waals surface area (Å²) in [6.45, 7) is 4.62. The molecular formula is C20H22NO7P. The summed E-state index contributed by atoms with van der Waals surface area (Å²) in [5, 5.41) is 2.79. The zero-order valence-electron chi connectivity index (χ0n) is 16.2. The van der Waals surface area contributed by atoms with Gasteiger partial charge in [-0.25, -0.2) is 4.57 Å². The van der Waals surface area contributed by atoms with Crippen LogP contribution in [0.4, 0.5) is 0 Å². The quantitative estimate of drug-likeness (QED) is 0.503. The largest absolute Gasteiger partial charge is 0.485 e. The van der Waals surface area contributed by atoms with Crippen LogP contribution in [-0.2, 0) is 9.09 Å². The summed E-state index contributed by atoms with van der Waals surface area (Å²) in [5.74, 6) is -0.256. The number of rotatable bonds is 5. The zero-order valence-corrected chi connectivity index (χ0v) is 17.1. The number of phosphoric acid groups is 1. The van der Waals surface area contributed by atoms with Crippen molar-refractivity contribution in [1.29, 1.82) is 0 Å². The number of fused-ring (bicyclic) bond motifs is 1. The van der Waals surface area contributed by atoms with Gasteiger partial charge in [-0.05, 0) is 51.1 Å². The van der Waals surface area contributed by atoms with Crippen LogP contribution in [0.25, 0.3) is 0 Å². The second-order valence-electron chi connectivity index (χ2n) is 7.35. The van der Waals surface area contributed by atoms with Crippen molar-refractivity contribution in [2.75, 3.05) is 0 Å². The first-order valence-corrected chi connectivity index (χ1v) is 10.4. The topological polar surface area (TPSA) is 122 Å². The lowest BCUT2D eigenvalue weighted by Gasteiger charge is -2.44. The molecule has 2 aromatic carbocycles. The summed E-state index contributed by atoms with van der Waals surface area (Å²) in [5.41, 5.74) is -0.0303. The van der Waals surface area contributed by atoms with Crippen LogP contribution >= 0.6 is 7.82 Å². The number of nitrogens with one attached hydrogen (secondary N) is 1. The van der Waals surface area contributed by atoms with E-state index in [0.717, 1.165) is 0 Å². The Labute approximate surface area is 168 Å². The van der Waals surface area contributed by atoms with Crippen LogP contribution in [0.1, 0.15) is 53.1 Å². The molecule has 3 rings (SSSR count). The molecule has 0 radical (unpaired) electrons. The molecule has 0 aromatic heterocycles. The van der Waals surface area contributed by atoms with E-state index in [1.54, 1.807) is 62.4 Å². The van der Waals surface area contributed by atoms with Crippen molar-refractivity contribution in [3.05, 3.63) is 65.2 Å². The predicted molar refractivity (Wildman–Crippen MR) is 105 cm³/mol. The first kappa shape index (κ1) is 21.2. The highest BCUT2D eigenvalue weighted by molar-refractivity contribution is 7.46. The normalized spacial score (nSPS) is 20.3. The first-order chi connectivity index (χ1) is 13.5. The summed E-state index contributed by atoms with van der Waals surface area (Å²) in [6, 6.07) is 12.2. The number of amides is 1. The summed E-state index contributed by atoms with van der Waals surface area (Å²) in [7, 11) is -4.91. The van der Waals surface area contributed by atoms with Crippen molar-refractivity contribution in [1.82, 2.24) is 5.32 Å². The van der Waals surface area contributed by atoms with E-state index in [-0.39, 0.29) is 5.78 Å². The number of ketones is 1. The molecule has 3 N–H and O–H groups in total. The fraction of sp³-hybridized carbons (Fsp3) is 0.300. The van der Waals surface area contributed by atoms with E-state index >= 15 is 0 Å². The molecule has 2 atom stereocenters. The van der Waals surface area contributed by atoms with Crippen molar-refractivity contribution in [2.45, 2.75) is 38.5 Å². The molecule has 0 saturated heterocycles. The molecule has 29 heavy (non-hydrogen) atoms. The van der Waals surface area contributed by atoms with Crippen LogP contribution in [0.2, 0.25) is 0 Å². The summed E-state index contributed by atoms with van der Waals surface area (Å²) < 4.78 is 22.6. The van der Waals surface area contributed by atoms with Crippen molar-refractivity contribution in [3.8, 4) is 5.75 Å². The lowest BCUT2D eigenvalue weighted by Crippen LogP contribution is -2.54. The Morgan fingerprint density at radius 3 is 2.34 bits per heavy atom. The number of hydrogen-bond donors (Lipinski definition) is 3. The highest BCUT2D eigenvalue weighted by atomic mass is 31.2. The molecule has 1 amide bonds. The fourth-order valence-electron chi connectivity index (χ4n) is 3.31. The molecule has 1 aliphatic heterocycles. The third kappa shape index (κ3) is 4.74. The van der Waals surface area contributed by atoms with E-state index in [1.165, 1.54) is 6.92 Å². The van der Waals surface area contributed by atoms with Crippen LogP contribution in [-0.4, -0.2) is 33.2 Å². The lowest BCUT2D eigenvalue weighted by atomic mass is 9.85. The Kier molecular flexibility index (Phi) is 5.65. The molecule has 0 aliphatic carbocycles. The smallest absolute Gasteiger partial charge is 0.470 e. The Bertz CT molecular complexity index is 984. The third-order valence-corrected chi connectivity index (χ3v) is 5.19. The zero-order chi connectivity index (χ0) is 21.4. The molecule has 154 valence electrons. The van der Waals surface area contributed by atoms with Gasteiger partial charge in [0.2, 0.25) is 0 Å². The molecule has 1 aliphatic rings. The van der Waals surface area contributed by atoms with Gasteiger partial charge >= 0.3 is 7.82 Å². The molecule has 0 saturated carbocycles. The number of Topliss-reactive ketones (excluding diaryl/α,β-unsaturated/α-hetero) is 1. The van der Waals surface area contributed by atoms with Gasteiger partial charge in [-0.3, -0.25) is 14.1 Å². The average molecular weight is 419 g/mol. The SMILES string of the molecule is CC(=O)c1ccc2c(c1)[C@H](NC(=O)c1ccccc1)[C@@H](OP(=O)(O)O)C(C)(C)O2. The molecule has 0 spiro atoms. The van der Waals surface area contributed by atoms with Crippen LogP contribution < -0.4 is 10.1 Å². The van der Waals surface area contributed by atoms with Crippen LogP contribution in [0.15, 0.2) is 48.5 Å². The minimum Gasteiger partial charge on any atom is -0.485 e. The minimum atomic E-state index is -4.91. The average Bonchev–Trinajstić information content (AvgIpc) is 2.63. The highest BCUT2D eigenvalue weighted by Gasteiger charge is 2.48. The molecule has 2 aromatic rings. The number of phosphoric ester groups is 1. The molecule has 0 fully saturated rings. The fourth-order valence-corrected chi connectivity index (χ4v) is 3.98. The molecule has 0 bridgehead atoms. The Morgan fingerprint density at radius 2 is 1.76 bits per heavy atom. The molecule has 8 nitrogen and oxygen atoms in total. The molecule has 1 heterocycles. The number of ether oxygens (including phenoxy) is 1. The molecule has 9 heteroatoms. The summed E-state index contributed by atoms with van der Waals surface area (Å²) in [6.07, 6.45) is -1.22.